The minimum absolute atomic E-state index is 0.243. The number of aromatic nitrogens is 1. The zero-order valence-electron chi connectivity index (χ0n) is 14.9. The zero-order chi connectivity index (χ0) is 19.9. The summed E-state index contributed by atoms with van der Waals surface area (Å²) in [5.41, 5.74) is 5.08. The minimum Gasteiger partial charge on any atom is -0.469 e. The molecule has 0 aliphatic carbocycles. The van der Waals surface area contributed by atoms with Gasteiger partial charge in [-0.05, 0) is 19.1 Å². The van der Waals surface area contributed by atoms with Crippen LogP contribution in [-0.4, -0.2) is 35.1 Å². The van der Waals surface area contributed by atoms with Crippen LogP contribution in [0, 0.1) is 17.2 Å². The van der Waals surface area contributed by atoms with Crippen LogP contribution >= 0.6 is 0 Å². The summed E-state index contributed by atoms with van der Waals surface area (Å²) in [4.78, 5) is 15.8. The maximum atomic E-state index is 11.4. The summed E-state index contributed by atoms with van der Waals surface area (Å²) in [6.45, 7) is 2.06. The molecule has 0 aliphatic heterocycles. The molecule has 2 aromatic rings. The lowest BCUT2D eigenvalue weighted by molar-refractivity contribution is -1.92. The van der Waals surface area contributed by atoms with Gasteiger partial charge < -0.3 is 9.30 Å². The molecule has 1 aromatic heterocycles. The van der Waals surface area contributed by atoms with Gasteiger partial charge in [-0.15, -0.1) is 0 Å². The second kappa shape index (κ2) is 9.46. The van der Waals surface area contributed by atoms with Crippen molar-refractivity contribution in [3.63, 3.8) is 0 Å². The third-order valence-electron chi connectivity index (χ3n) is 3.57. The Morgan fingerprint density at radius 1 is 1.19 bits per heavy atom. The highest BCUT2D eigenvalue weighted by atomic mass is 35.7. The van der Waals surface area contributed by atoms with Crippen LogP contribution in [-0.2, 0) is 23.0 Å². The number of esters is 1. The molecule has 9 heteroatoms. The Bertz CT molecular complexity index is 757. The van der Waals surface area contributed by atoms with Crippen LogP contribution in [0.1, 0.15) is 22.5 Å². The number of hydrogen-bond donors (Lipinski definition) is 1. The second-order valence-corrected chi connectivity index (χ2v) is 6.15. The smallest absolute Gasteiger partial charge is 0.311 e. The Morgan fingerprint density at radius 2 is 1.73 bits per heavy atom. The number of carbonyl (C=O) groups is 1. The minimum atomic E-state index is -4.69. The molecule has 0 bridgehead atoms. The summed E-state index contributed by atoms with van der Waals surface area (Å²) in [7, 11) is 0.423. The van der Waals surface area contributed by atoms with Crippen molar-refractivity contribution in [2.45, 2.75) is 13.3 Å². The third-order valence-corrected chi connectivity index (χ3v) is 3.57. The standard InChI is InChI=1S/C17H20N2O2.ClHO4/c1-12-5-7-13(8-6-12)17(18-2)15-10-9-14(19(15)3)11-16(20)21-4;2-1(3,4)5/h5-10H,11H2,1-4H3;(H,2,3,4,5). The summed E-state index contributed by atoms with van der Waals surface area (Å²) >= 11 is 0. The van der Waals surface area contributed by atoms with E-state index in [1.54, 1.807) is 7.05 Å². The lowest BCUT2D eigenvalue weighted by Gasteiger charge is -2.10. The summed E-state index contributed by atoms with van der Waals surface area (Å²) in [6.07, 6.45) is 0.262. The van der Waals surface area contributed by atoms with Crippen molar-refractivity contribution in [1.29, 1.82) is 0 Å². The molecule has 8 nitrogen and oxygen atoms in total. The van der Waals surface area contributed by atoms with Crippen molar-refractivity contribution in [2.75, 3.05) is 14.2 Å². The Morgan fingerprint density at radius 3 is 2.19 bits per heavy atom. The number of halogens is 1. The zero-order valence-corrected chi connectivity index (χ0v) is 15.7. The molecule has 0 saturated carbocycles. The molecular formula is C17H21ClN2O6. The van der Waals surface area contributed by atoms with Crippen molar-refractivity contribution >= 4 is 11.7 Å². The van der Waals surface area contributed by atoms with Crippen LogP contribution in [0.15, 0.2) is 41.4 Å². The van der Waals surface area contributed by atoms with Crippen LogP contribution in [0.4, 0.5) is 0 Å². The largest absolute Gasteiger partial charge is 0.469 e. The molecular weight excluding hydrogens is 364 g/mol. The first-order valence-corrected chi connectivity index (χ1v) is 8.72. The number of benzene rings is 1. The first-order chi connectivity index (χ1) is 12.1. The normalized spacial score (nSPS) is 11.6. The van der Waals surface area contributed by atoms with Gasteiger partial charge >= 0.3 is 5.97 Å². The Kier molecular flexibility index (Phi) is 7.94. The molecule has 0 spiro atoms. The van der Waals surface area contributed by atoms with Crippen molar-refractivity contribution in [2.24, 2.45) is 12.0 Å². The van der Waals surface area contributed by atoms with E-state index in [4.69, 9.17) is 23.4 Å². The third kappa shape index (κ3) is 6.95. The number of aryl methyl sites for hydroxylation is 1. The first kappa shape index (κ1) is 21.8. The molecule has 2 rings (SSSR count). The lowest BCUT2D eigenvalue weighted by Crippen LogP contribution is -2.58. The maximum Gasteiger partial charge on any atom is 0.311 e. The van der Waals surface area contributed by atoms with Crippen LogP contribution < -0.4 is 14.0 Å². The summed E-state index contributed by atoms with van der Waals surface area (Å²) in [5.74, 6) is -0.243. The van der Waals surface area contributed by atoms with Gasteiger partial charge in [-0.3, -0.25) is 9.79 Å². The number of nitrogens with zero attached hydrogens (tertiary/aromatic N) is 2. The van der Waals surface area contributed by atoms with Crippen LogP contribution in [0.3, 0.4) is 0 Å². The number of rotatable bonds is 4. The first-order valence-electron chi connectivity index (χ1n) is 7.45. The molecule has 0 radical (unpaired) electrons. The van der Waals surface area contributed by atoms with E-state index < -0.39 is 10.2 Å². The van der Waals surface area contributed by atoms with E-state index in [9.17, 15) is 4.79 Å². The summed E-state index contributed by atoms with van der Waals surface area (Å²) in [5, 5.41) is 0. The molecule has 1 aromatic carbocycles. The van der Waals surface area contributed by atoms with E-state index in [0.717, 1.165) is 22.7 Å². The van der Waals surface area contributed by atoms with Crippen molar-refractivity contribution < 1.29 is 38.4 Å². The van der Waals surface area contributed by atoms with Crippen molar-refractivity contribution in [3.05, 3.63) is 58.9 Å². The predicted octanol–water partition coefficient (Wildman–Crippen LogP) is -1.61. The Labute approximate surface area is 153 Å². The molecule has 142 valence electrons. The highest BCUT2D eigenvalue weighted by Gasteiger charge is 2.14. The van der Waals surface area contributed by atoms with Crippen molar-refractivity contribution in [1.82, 2.24) is 4.57 Å². The highest BCUT2D eigenvalue weighted by Crippen LogP contribution is 2.15. The van der Waals surface area contributed by atoms with E-state index >= 15 is 0 Å². The number of carbonyl (C=O) groups excluding carboxylic acids is 1. The quantitative estimate of drug-likeness (QED) is 0.498. The molecule has 0 unspecified atom stereocenters. The second-order valence-electron chi connectivity index (χ2n) is 5.36. The van der Waals surface area contributed by atoms with Gasteiger partial charge in [0.1, 0.15) is 0 Å². The lowest BCUT2D eigenvalue weighted by atomic mass is 10.1. The van der Waals surface area contributed by atoms with E-state index in [0.29, 0.717) is 0 Å². The van der Waals surface area contributed by atoms with Crippen LogP contribution in [0.5, 0.6) is 0 Å². The Hall–Kier alpha value is -2.23. The molecule has 0 atom stereocenters. The van der Waals surface area contributed by atoms with Gasteiger partial charge in [0.05, 0.1) is 39.8 Å². The van der Waals surface area contributed by atoms with E-state index in [1.165, 1.54) is 12.7 Å². The predicted molar refractivity (Wildman–Crippen MR) is 86.1 cm³/mol. The van der Waals surface area contributed by atoms with Gasteiger partial charge in [0, 0.05) is 25.4 Å². The fraction of sp³-hybridized carbons (Fsp3) is 0.294. The van der Waals surface area contributed by atoms with E-state index in [2.05, 4.69) is 36.2 Å². The SMILES string of the molecule is CN=C(c1ccc(C)cc1)c1ccc(CC(=O)OC)n1C.[O-][Cl+3]([O-])([O-])O. The number of methoxy groups -OCH3 is 1. The topological polar surface area (TPSA) is 133 Å². The molecule has 26 heavy (non-hydrogen) atoms. The van der Waals surface area contributed by atoms with Gasteiger partial charge in [-0.2, -0.15) is 14.0 Å². The van der Waals surface area contributed by atoms with Crippen LogP contribution in [0.2, 0.25) is 0 Å². The monoisotopic (exact) mass is 384 g/mol. The fourth-order valence-electron chi connectivity index (χ4n) is 2.29. The fourth-order valence-corrected chi connectivity index (χ4v) is 2.29. The summed E-state index contributed by atoms with van der Waals surface area (Å²) < 4.78 is 39.4. The number of ether oxygens (including phenoxy) is 1. The average molecular weight is 385 g/mol. The van der Waals surface area contributed by atoms with Crippen molar-refractivity contribution in [3.8, 4) is 0 Å². The van der Waals surface area contributed by atoms with Gasteiger partial charge in [0.15, 0.2) is 0 Å². The molecule has 0 amide bonds. The molecule has 1 heterocycles. The number of aliphatic imine (C=N–C) groups is 1. The Balaban J connectivity index is 0.000000597. The number of hydrogen-bond acceptors (Lipinski definition) is 7. The average Bonchev–Trinajstić information content (AvgIpc) is 2.89. The maximum absolute atomic E-state index is 11.4. The van der Waals surface area contributed by atoms with E-state index in [-0.39, 0.29) is 12.4 Å². The van der Waals surface area contributed by atoms with Gasteiger partial charge in [-0.25, -0.2) is 0 Å². The van der Waals surface area contributed by atoms with E-state index in [1.807, 2.05) is 23.7 Å². The molecule has 1 N–H and O–H groups in total. The van der Waals surface area contributed by atoms with Gasteiger partial charge in [0.2, 0.25) is 0 Å². The summed E-state index contributed by atoms with van der Waals surface area (Å²) in [6, 6.07) is 12.2. The van der Waals surface area contributed by atoms with Crippen LogP contribution in [0.25, 0.3) is 0 Å². The van der Waals surface area contributed by atoms with Gasteiger partial charge in [-0.1, -0.05) is 29.8 Å². The van der Waals surface area contributed by atoms with Gasteiger partial charge in [0.25, 0.3) is 0 Å². The molecule has 0 fully saturated rings. The molecule has 0 aliphatic rings. The molecule has 0 saturated heterocycles. The highest BCUT2D eigenvalue weighted by molar-refractivity contribution is 6.12.